The Kier molecular flexibility index (Phi) is 8.65. The second kappa shape index (κ2) is 9.68. The fourth-order valence-electron chi connectivity index (χ4n) is 3.03. The molecule has 1 aromatic carbocycles. The summed E-state index contributed by atoms with van der Waals surface area (Å²) < 4.78 is 0. The van der Waals surface area contributed by atoms with E-state index in [2.05, 4.69) is 42.3 Å². The van der Waals surface area contributed by atoms with Crippen LogP contribution in [0, 0.1) is 5.92 Å². The first-order chi connectivity index (χ1) is 9.69. The molecule has 0 spiro atoms. The largest absolute Gasteiger partial charge is 0.317 e. The van der Waals surface area contributed by atoms with Crippen LogP contribution in [0.3, 0.4) is 0 Å². The van der Waals surface area contributed by atoms with Crippen molar-refractivity contribution in [3.63, 3.8) is 0 Å². The predicted octanol–water partition coefficient (Wildman–Crippen LogP) is 4.19. The van der Waals surface area contributed by atoms with Crippen LogP contribution in [-0.4, -0.2) is 37.6 Å². The van der Waals surface area contributed by atoms with Crippen molar-refractivity contribution >= 4 is 24.0 Å². The minimum Gasteiger partial charge on any atom is -0.317 e. The monoisotopic (exact) mass is 330 g/mol. The summed E-state index contributed by atoms with van der Waals surface area (Å²) in [6.45, 7) is 10.4. The van der Waals surface area contributed by atoms with E-state index in [1.807, 2.05) is 6.07 Å². The summed E-state index contributed by atoms with van der Waals surface area (Å²) in [5.41, 5.74) is 1.35. The van der Waals surface area contributed by atoms with Crippen LogP contribution < -0.4 is 5.32 Å². The molecule has 0 bridgehead atoms. The first kappa shape index (κ1) is 18.8. The van der Waals surface area contributed by atoms with Gasteiger partial charge in [0.2, 0.25) is 0 Å². The van der Waals surface area contributed by atoms with Crippen molar-refractivity contribution in [3.05, 3.63) is 34.9 Å². The van der Waals surface area contributed by atoms with Crippen LogP contribution in [0.1, 0.15) is 38.2 Å². The highest BCUT2D eigenvalue weighted by molar-refractivity contribution is 6.30. The number of piperidine rings is 1. The molecule has 1 unspecified atom stereocenters. The Hall–Kier alpha value is -0.280. The van der Waals surface area contributed by atoms with Gasteiger partial charge in [-0.05, 0) is 68.6 Å². The number of likely N-dealkylation sites (tertiary alicyclic amines) is 1. The van der Waals surface area contributed by atoms with Crippen molar-refractivity contribution in [2.24, 2.45) is 5.92 Å². The Balaban J connectivity index is 0.00000220. The molecular formula is C17H28Cl2N2. The first-order valence-electron chi connectivity index (χ1n) is 7.87. The smallest absolute Gasteiger partial charge is 0.0408 e. The molecule has 1 fully saturated rings. The number of hydrogen-bond donors (Lipinski definition) is 1. The molecule has 1 N–H and O–H groups in total. The topological polar surface area (TPSA) is 15.3 Å². The predicted molar refractivity (Wildman–Crippen MR) is 94.8 cm³/mol. The van der Waals surface area contributed by atoms with Crippen molar-refractivity contribution in [2.75, 3.05) is 32.7 Å². The molecule has 1 atom stereocenters. The van der Waals surface area contributed by atoms with Gasteiger partial charge in [-0.2, -0.15) is 0 Å². The third-order valence-electron chi connectivity index (χ3n) is 4.34. The summed E-state index contributed by atoms with van der Waals surface area (Å²) >= 11 is 6.08. The van der Waals surface area contributed by atoms with E-state index in [4.69, 9.17) is 11.6 Å². The molecule has 2 rings (SSSR count). The van der Waals surface area contributed by atoms with Gasteiger partial charge < -0.3 is 10.2 Å². The Morgan fingerprint density at radius 1 is 1.33 bits per heavy atom. The molecule has 1 aliphatic rings. The highest BCUT2D eigenvalue weighted by Crippen LogP contribution is 2.23. The lowest BCUT2D eigenvalue weighted by Crippen LogP contribution is -2.38. The zero-order valence-corrected chi connectivity index (χ0v) is 14.7. The van der Waals surface area contributed by atoms with E-state index in [0.29, 0.717) is 5.92 Å². The van der Waals surface area contributed by atoms with Gasteiger partial charge in [-0.25, -0.2) is 0 Å². The van der Waals surface area contributed by atoms with Gasteiger partial charge in [0.05, 0.1) is 0 Å². The van der Waals surface area contributed by atoms with E-state index in [1.165, 1.54) is 38.0 Å². The maximum Gasteiger partial charge on any atom is 0.0408 e. The summed E-state index contributed by atoms with van der Waals surface area (Å²) in [6.07, 6.45) is 2.66. The van der Waals surface area contributed by atoms with Gasteiger partial charge in [0.25, 0.3) is 0 Å². The number of nitrogens with one attached hydrogen (secondary N) is 1. The number of benzene rings is 1. The van der Waals surface area contributed by atoms with Gasteiger partial charge in [0.1, 0.15) is 0 Å². The molecule has 4 heteroatoms. The van der Waals surface area contributed by atoms with Gasteiger partial charge in [0.15, 0.2) is 0 Å². The van der Waals surface area contributed by atoms with Gasteiger partial charge >= 0.3 is 0 Å². The van der Waals surface area contributed by atoms with Crippen LogP contribution in [0.5, 0.6) is 0 Å². The second-order valence-corrected chi connectivity index (χ2v) is 6.44. The molecule has 0 aromatic heterocycles. The SMILES string of the molecule is CCNCC1CCN(CC(C)c2cccc(Cl)c2)CC1.Cl. The normalized spacial score (nSPS) is 18.2. The lowest BCUT2D eigenvalue weighted by Gasteiger charge is -2.33. The molecule has 21 heavy (non-hydrogen) atoms. The van der Waals surface area contributed by atoms with Crippen molar-refractivity contribution in [2.45, 2.75) is 32.6 Å². The summed E-state index contributed by atoms with van der Waals surface area (Å²) in [6, 6.07) is 8.29. The van der Waals surface area contributed by atoms with Crippen molar-refractivity contribution in [1.29, 1.82) is 0 Å². The lowest BCUT2D eigenvalue weighted by molar-refractivity contribution is 0.176. The van der Waals surface area contributed by atoms with E-state index in [0.717, 1.165) is 24.0 Å². The molecule has 120 valence electrons. The zero-order chi connectivity index (χ0) is 14.4. The van der Waals surface area contributed by atoms with Gasteiger partial charge in [-0.15, -0.1) is 12.4 Å². The van der Waals surface area contributed by atoms with E-state index in [1.54, 1.807) is 0 Å². The number of hydrogen-bond acceptors (Lipinski definition) is 2. The lowest BCUT2D eigenvalue weighted by atomic mass is 9.94. The molecule has 1 aliphatic heterocycles. The van der Waals surface area contributed by atoms with E-state index >= 15 is 0 Å². The summed E-state index contributed by atoms with van der Waals surface area (Å²) in [5, 5.41) is 4.32. The summed E-state index contributed by atoms with van der Waals surface area (Å²) in [4.78, 5) is 2.61. The third-order valence-corrected chi connectivity index (χ3v) is 4.58. The summed E-state index contributed by atoms with van der Waals surface area (Å²) in [5.74, 6) is 1.42. The number of halogens is 2. The highest BCUT2D eigenvalue weighted by Gasteiger charge is 2.20. The number of rotatable bonds is 6. The molecule has 1 aromatic rings. The van der Waals surface area contributed by atoms with Crippen LogP contribution in [0.2, 0.25) is 5.02 Å². The molecule has 2 nitrogen and oxygen atoms in total. The molecule has 0 amide bonds. The van der Waals surface area contributed by atoms with Crippen LogP contribution >= 0.6 is 24.0 Å². The zero-order valence-electron chi connectivity index (χ0n) is 13.1. The van der Waals surface area contributed by atoms with Crippen molar-refractivity contribution in [3.8, 4) is 0 Å². The Bertz CT molecular complexity index is 404. The fraction of sp³-hybridized carbons (Fsp3) is 0.647. The molecular weight excluding hydrogens is 303 g/mol. The molecule has 1 heterocycles. The molecule has 0 aliphatic carbocycles. The average Bonchev–Trinajstić information content (AvgIpc) is 2.46. The highest BCUT2D eigenvalue weighted by atomic mass is 35.5. The van der Waals surface area contributed by atoms with E-state index in [-0.39, 0.29) is 12.4 Å². The minimum atomic E-state index is 0. The van der Waals surface area contributed by atoms with E-state index in [9.17, 15) is 0 Å². The Morgan fingerprint density at radius 3 is 2.67 bits per heavy atom. The van der Waals surface area contributed by atoms with Crippen molar-refractivity contribution < 1.29 is 0 Å². The maximum absolute atomic E-state index is 6.08. The van der Waals surface area contributed by atoms with E-state index < -0.39 is 0 Å². The van der Waals surface area contributed by atoms with Crippen LogP contribution in [-0.2, 0) is 0 Å². The molecule has 0 radical (unpaired) electrons. The molecule has 0 saturated carbocycles. The first-order valence-corrected chi connectivity index (χ1v) is 8.25. The maximum atomic E-state index is 6.08. The quantitative estimate of drug-likeness (QED) is 0.841. The fourth-order valence-corrected chi connectivity index (χ4v) is 3.23. The van der Waals surface area contributed by atoms with Crippen LogP contribution in [0.15, 0.2) is 24.3 Å². The number of nitrogens with zero attached hydrogens (tertiary/aromatic N) is 1. The van der Waals surface area contributed by atoms with Crippen LogP contribution in [0.4, 0.5) is 0 Å². The standard InChI is InChI=1S/C17H27ClN2.ClH/c1-3-19-12-15-7-9-20(10-8-15)13-14(2)16-5-4-6-17(18)11-16;/h4-6,11,14-15,19H,3,7-10,12-13H2,1-2H3;1H. The second-order valence-electron chi connectivity index (χ2n) is 6.01. The van der Waals surface area contributed by atoms with Crippen molar-refractivity contribution in [1.82, 2.24) is 10.2 Å². The molecule has 1 saturated heterocycles. The minimum absolute atomic E-state index is 0. The third kappa shape index (κ3) is 6.15. The van der Waals surface area contributed by atoms with Gasteiger partial charge in [-0.3, -0.25) is 0 Å². The Morgan fingerprint density at radius 2 is 2.05 bits per heavy atom. The Labute approximate surface area is 140 Å². The van der Waals surface area contributed by atoms with Gasteiger partial charge in [-0.1, -0.05) is 37.6 Å². The summed E-state index contributed by atoms with van der Waals surface area (Å²) in [7, 11) is 0. The van der Waals surface area contributed by atoms with Crippen LogP contribution in [0.25, 0.3) is 0 Å². The van der Waals surface area contributed by atoms with Gasteiger partial charge in [0, 0.05) is 11.6 Å². The average molecular weight is 331 g/mol.